The maximum atomic E-state index is 13.4. The molecule has 0 unspecified atom stereocenters. The van der Waals surface area contributed by atoms with E-state index in [1.54, 1.807) is 0 Å². The van der Waals surface area contributed by atoms with Gasteiger partial charge in [0, 0.05) is 12.6 Å². The molecule has 0 saturated heterocycles. The maximum absolute atomic E-state index is 13.4. The van der Waals surface area contributed by atoms with Crippen molar-refractivity contribution in [1.82, 2.24) is 4.47 Å². The van der Waals surface area contributed by atoms with Gasteiger partial charge in [0.2, 0.25) is 0 Å². The summed E-state index contributed by atoms with van der Waals surface area (Å²) >= 11 is 0. The summed E-state index contributed by atoms with van der Waals surface area (Å²) < 4.78 is 136. The van der Waals surface area contributed by atoms with Crippen LogP contribution in [0, 0.1) is 0 Å². The van der Waals surface area contributed by atoms with Crippen LogP contribution >= 0.6 is 0 Å². The largest absolute Gasteiger partial charge is 0.460 e. The Balaban J connectivity index is 5.98. The Morgan fingerprint density at radius 2 is 1.40 bits per heavy atom. The molecule has 0 fully saturated rings. The first kappa shape index (κ1) is 23.5. The molecule has 0 rings (SSSR count). The molecular weight excluding hydrogens is 401 g/mol. The number of carbonyl (C=O) groups excluding carboxylic acids is 1. The fraction of sp³-hybridized carbons (Fsp3) is 0.700. The zero-order valence-corrected chi connectivity index (χ0v) is 13.1. The standard InChI is InChI=1S/C10H10F9NO4S/c1-4-5(2)6(21)24-20(3)25(22,23)10(18,19)8(13,14)7(11,12)9(15,16)17/h2,4H2,1,3H3. The Morgan fingerprint density at radius 1 is 1.00 bits per heavy atom. The van der Waals surface area contributed by atoms with E-state index in [9.17, 15) is 52.7 Å². The highest BCUT2D eigenvalue weighted by molar-refractivity contribution is 7.90. The van der Waals surface area contributed by atoms with Gasteiger partial charge in [0.1, 0.15) is 0 Å². The van der Waals surface area contributed by atoms with Crippen LogP contribution in [0.4, 0.5) is 39.5 Å². The van der Waals surface area contributed by atoms with Gasteiger partial charge in [0.05, 0.1) is 0 Å². The average molecular weight is 411 g/mol. The SMILES string of the molecule is C=C(CC)C(=O)ON(C)S(=O)(=O)C(F)(F)C(F)(F)C(F)(F)C(F)(F)F. The lowest BCUT2D eigenvalue weighted by Crippen LogP contribution is -2.65. The zero-order valence-electron chi connectivity index (χ0n) is 12.3. The van der Waals surface area contributed by atoms with Crippen molar-refractivity contribution in [3.8, 4) is 0 Å². The lowest BCUT2D eigenvalue weighted by atomic mass is 10.1. The van der Waals surface area contributed by atoms with Crippen molar-refractivity contribution in [3.63, 3.8) is 0 Å². The summed E-state index contributed by atoms with van der Waals surface area (Å²) in [5, 5.41) is -6.98. The molecule has 148 valence electrons. The lowest BCUT2D eigenvalue weighted by molar-refractivity contribution is -0.382. The molecule has 0 aromatic carbocycles. The van der Waals surface area contributed by atoms with Crippen LogP contribution < -0.4 is 0 Å². The highest BCUT2D eigenvalue weighted by Crippen LogP contribution is 2.55. The molecule has 0 N–H and O–H groups in total. The molecule has 0 amide bonds. The molecule has 0 radical (unpaired) electrons. The fourth-order valence-electron chi connectivity index (χ4n) is 1.06. The summed E-state index contributed by atoms with van der Waals surface area (Å²) in [6.45, 7) is 4.26. The first-order valence-electron chi connectivity index (χ1n) is 5.87. The molecule has 0 spiro atoms. The Morgan fingerprint density at radius 3 is 1.72 bits per heavy atom. The molecule has 5 nitrogen and oxygen atoms in total. The summed E-state index contributed by atoms with van der Waals surface area (Å²) in [5.74, 6) is -16.5. The molecule has 0 heterocycles. The molecule has 0 bridgehead atoms. The monoisotopic (exact) mass is 411 g/mol. The van der Waals surface area contributed by atoms with E-state index >= 15 is 0 Å². The normalized spacial score (nSPS) is 14.6. The number of hydrogen-bond acceptors (Lipinski definition) is 4. The zero-order chi connectivity index (χ0) is 20.6. The first-order chi connectivity index (χ1) is 10.8. The number of halogens is 9. The molecule has 0 aromatic rings. The van der Waals surface area contributed by atoms with Crippen LogP contribution in [0.3, 0.4) is 0 Å². The highest BCUT2D eigenvalue weighted by atomic mass is 32.2. The van der Waals surface area contributed by atoms with Crippen LogP contribution in [0.25, 0.3) is 0 Å². The van der Waals surface area contributed by atoms with E-state index in [1.165, 1.54) is 6.92 Å². The van der Waals surface area contributed by atoms with Crippen molar-refractivity contribution in [1.29, 1.82) is 0 Å². The predicted molar refractivity (Wildman–Crippen MR) is 63.1 cm³/mol. The Labute approximate surface area is 135 Å². The van der Waals surface area contributed by atoms with E-state index in [4.69, 9.17) is 0 Å². The molecule has 0 atom stereocenters. The minimum atomic E-state index is -7.42. The summed E-state index contributed by atoms with van der Waals surface area (Å²) in [6, 6.07) is 0. The van der Waals surface area contributed by atoms with Gasteiger partial charge >= 0.3 is 39.3 Å². The number of hydrogen-bond donors (Lipinski definition) is 0. The number of sulfonamides is 1. The second-order valence-corrected chi connectivity index (χ2v) is 6.39. The second-order valence-electron chi connectivity index (χ2n) is 4.41. The quantitative estimate of drug-likeness (QED) is 0.367. The number of nitrogens with zero attached hydrogens (tertiary/aromatic N) is 1. The van der Waals surface area contributed by atoms with Crippen LogP contribution in [-0.2, 0) is 19.7 Å². The van der Waals surface area contributed by atoms with Gasteiger partial charge in [0.15, 0.2) is 0 Å². The molecule has 0 aromatic heterocycles. The molecule has 15 heteroatoms. The maximum Gasteiger partial charge on any atom is 0.460 e. The number of alkyl halides is 9. The van der Waals surface area contributed by atoms with Crippen molar-refractivity contribution in [2.75, 3.05) is 7.05 Å². The highest BCUT2D eigenvalue weighted by Gasteiger charge is 2.86. The third kappa shape index (κ3) is 3.70. The van der Waals surface area contributed by atoms with Crippen molar-refractivity contribution < 1.29 is 57.6 Å². The molecule has 0 aliphatic rings. The predicted octanol–water partition coefficient (Wildman–Crippen LogP) is 3.10. The fourth-order valence-corrected chi connectivity index (χ4v) is 2.00. The molecule has 0 aliphatic heterocycles. The van der Waals surface area contributed by atoms with E-state index in [-0.39, 0.29) is 13.5 Å². The Bertz CT molecular complexity index is 641. The van der Waals surface area contributed by atoms with Crippen molar-refractivity contribution in [2.45, 2.75) is 36.6 Å². The minimum Gasteiger partial charge on any atom is -0.349 e. The Hall–Kier alpha value is -1.51. The topological polar surface area (TPSA) is 63.7 Å². The smallest absolute Gasteiger partial charge is 0.349 e. The van der Waals surface area contributed by atoms with Gasteiger partial charge < -0.3 is 4.84 Å². The van der Waals surface area contributed by atoms with Gasteiger partial charge in [-0.2, -0.15) is 39.5 Å². The van der Waals surface area contributed by atoms with Crippen LogP contribution in [0.1, 0.15) is 13.3 Å². The van der Waals surface area contributed by atoms with Crippen molar-refractivity contribution >= 4 is 16.0 Å². The third-order valence-corrected chi connectivity index (χ3v) is 4.36. The van der Waals surface area contributed by atoms with Gasteiger partial charge in [-0.1, -0.05) is 13.5 Å². The van der Waals surface area contributed by atoms with Crippen LogP contribution in [0.15, 0.2) is 12.2 Å². The lowest BCUT2D eigenvalue weighted by Gasteiger charge is -2.34. The second kappa shape index (κ2) is 6.66. The van der Waals surface area contributed by atoms with Crippen LogP contribution in [0.2, 0.25) is 0 Å². The number of hydroxylamine groups is 1. The number of rotatable bonds is 7. The van der Waals surface area contributed by atoms with E-state index < -0.39 is 49.3 Å². The summed E-state index contributed by atoms with van der Waals surface area (Å²) in [5.41, 5.74) is -0.530. The summed E-state index contributed by atoms with van der Waals surface area (Å²) in [7, 11) is -7.07. The summed E-state index contributed by atoms with van der Waals surface area (Å²) in [6.07, 6.45) is -7.40. The molecule has 25 heavy (non-hydrogen) atoms. The van der Waals surface area contributed by atoms with E-state index in [0.717, 1.165) is 0 Å². The van der Waals surface area contributed by atoms with Gasteiger partial charge in [-0.15, -0.1) is 0 Å². The Kier molecular flexibility index (Phi) is 6.26. The van der Waals surface area contributed by atoms with Gasteiger partial charge in [-0.05, 0) is 10.9 Å². The van der Waals surface area contributed by atoms with Gasteiger partial charge in [-0.3, -0.25) is 0 Å². The van der Waals surface area contributed by atoms with E-state index in [1.807, 2.05) is 0 Å². The molecular formula is C10H10F9NO4S. The number of carbonyl (C=O) groups is 1. The average Bonchev–Trinajstić information content (AvgIpc) is 2.44. The summed E-state index contributed by atoms with van der Waals surface area (Å²) in [4.78, 5) is 14.9. The van der Waals surface area contributed by atoms with Crippen molar-refractivity contribution in [2.24, 2.45) is 0 Å². The van der Waals surface area contributed by atoms with E-state index in [2.05, 4.69) is 11.4 Å². The van der Waals surface area contributed by atoms with Gasteiger partial charge in [-0.25, -0.2) is 13.2 Å². The molecule has 0 aliphatic carbocycles. The first-order valence-corrected chi connectivity index (χ1v) is 7.31. The van der Waals surface area contributed by atoms with Gasteiger partial charge in [0.25, 0.3) is 0 Å². The van der Waals surface area contributed by atoms with Crippen molar-refractivity contribution in [3.05, 3.63) is 12.2 Å². The van der Waals surface area contributed by atoms with E-state index in [0.29, 0.717) is 0 Å². The van der Waals surface area contributed by atoms with Crippen LogP contribution in [-0.4, -0.2) is 49.2 Å². The third-order valence-electron chi connectivity index (χ3n) is 2.71. The molecule has 0 saturated carbocycles. The van der Waals surface area contributed by atoms with Crippen LogP contribution in [0.5, 0.6) is 0 Å². The minimum absolute atomic E-state index is 0.0775.